The van der Waals surface area contributed by atoms with Gasteiger partial charge in [0, 0.05) is 19.0 Å². The Balaban J connectivity index is 0.00000106. The first-order valence-corrected chi connectivity index (χ1v) is 5.80. The summed E-state index contributed by atoms with van der Waals surface area (Å²) in [5.41, 5.74) is 0. The molecule has 0 radical (unpaired) electrons. The van der Waals surface area contributed by atoms with Gasteiger partial charge in [0.25, 0.3) is 0 Å². The van der Waals surface area contributed by atoms with E-state index in [0.29, 0.717) is 13.1 Å². The Hall–Kier alpha value is -1.37. The summed E-state index contributed by atoms with van der Waals surface area (Å²) < 4.78 is 0. The third-order valence-electron chi connectivity index (χ3n) is 2.65. The summed E-state index contributed by atoms with van der Waals surface area (Å²) in [6.07, 6.45) is 1.43. The summed E-state index contributed by atoms with van der Waals surface area (Å²) >= 11 is 0. The second kappa shape index (κ2) is 7.86. The number of hydrogen-bond acceptors (Lipinski definition) is 3. The molecule has 0 aromatic rings. The van der Waals surface area contributed by atoms with Crippen LogP contribution in [0.2, 0.25) is 0 Å². The van der Waals surface area contributed by atoms with Gasteiger partial charge >= 0.3 is 0 Å². The van der Waals surface area contributed by atoms with Crippen LogP contribution in [0.4, 0.5) is 0 Å². The van der Waals surface area contributed by atoms with Gasteiger partial charge in [0.05, 0.1) is 6.07 Å². The monoisotopic (exact) mass is 224 g/mol. The minimum atomic E-state index is -0.116. The average Bonchev–Trinajstić information content (AvgIpc) is 2.32. The molecule has 1 aliphatic rings. The van der Waals surface area contributed by atoms with Crippen LogP contribution >= 0.6 is 0 Å². The number of nitriles is 1. The smallest absolute Gasteiger partial charge is 0.236 e. The number of rotatable bonds is 2. The lowest BCUT2D eigenvalue weighted by atomic mass is 9.93. The van der Waals surface area contributed by atoms with Crippen LogP contribution < -0.4 is 0 Å². The molecule has 0 aliphatic carbocycles. The highest BCUT2D eigenvalue weighted by molar-refractivity contribution is 5.80. The van der Waals surface area contributed by atoms with Crippen molar-refractivity contribution in [3.8, 4) is 6.07 Å². The first-order chi connectivity index (χ1) is 7.65. The van der Waals surface area contributed by atoms with E-state index in [1.54, 1.807) is 11.8 Å². The van der Waals surface area contributed by atoms with Gasteiger partial charge in [0.1, 0.15) is 12.2 Å². The number of carbonyl (C=O) groups excluding carboxylic acids is 2. The van der Waals surface area contributed by atoms with Crippen molar-refractivity contribution in [2.45, 2.75) is 40.0 Å². The zero-order chi connectivity index (χ0) is 12.6. The predicted octanol–water partition coefficient (Wildman–Crippen LogP) is 1.75. The van der Waals surface area contributed by atoms with E-state index in [1.165, 1.54) is 0 Å². The standard InChI is InChI=1S/C10H14N2O2.C2H6/c1-8(13)9-3-6-12(7-4-9)10(14)2-5-11;1-2/h9H,2-4,6-7H2,1H3;1-2H3. The summed E-state index contributed by atoms with van der Waals surface area (Å²) in [6.45, 7) is 6.83. The summed E-state index contributed by atoms with van der Waals surface area (Å²) in [5, 5.41) is 8.36. The van der Waals surface area contributed by atoms with Gasteiger partial charge in [-0.2, -0.15) is 5.26 Å². The number of Topliss-reactive ketones (excluding diaryl/α,β-unsaturated/α-hetero) is 1. The second-order valence-electron chi connectivity index (χ2n) is 3.60. The number of ketones is 1. The third-order valence-corrected chi connectivity index (χ3v) is 2.65. The molecule has 0 spiro atoms. The maximum atomic E-state index is 11.3. The molecular weight excluding hydrogens is 204 g/mol. The molecule has 90 valence electrons. The fourth-order valence-corrected chi connectivity index (χ4v) is 1.71. The molecule has 4 nitrogen and oxygen atoms in total. The maximum absolute atomic E-state index is 11.3. The van der Waals surface area contributed by atoms with E-state index in [2.05, 4.69) is 0 Å². The van der Waals surface area contributed by atoms with Crippen molar-refractivity contribution in [3.63, 3.8) is 0 Å². The van der Waals surface area contributed by atoms with Gasteiger partial charge in [-0.05, 0) is 19.8 Å². The van der Waals surface area contributed by atoms with E-state index in [4.69, 9.17) is 5.26 Å². The molecule has 0 aromatic carbocycles. The predicted molar refractivity (Wildman–Crippen MR) is 61.6 cm³/mol. The quantitative estimate of drug-likeness (QED) is 0.718. The largest absolute Gasteiger partial charge is 0.342 e. The van der Waals surface area contributed by atoms with Crippen LogP contribution in [-0.4, -0.2) is 29.7 Å². The molecule has 4 heteroatoms. The van der Waals surface area contributed by atoms with Gasteiger partial charge in [-0.15, -0.1) is 0 Å². The number of nitrogens with zero attached hydrogens (tertiary/aromatic N) is 2. The lowest BCUT2D eigenvalue weighted by Crippen LogP contribution is -2.39. The highest BCUT2D eigenvalue weighted by Crippen LogP contribution is 2.18. The number of hydrogen-bond donors (Lipinski definition) is 0. The molecule has 1 rings (SSSR count). The fourth-order valence-electron chi connectivity index (χ4n) is 1.71. The Morgan fingerprint density at radius 2 is 1.81 bits per heavy atom. The van der Waals surface area contributed by atoms with E-state index in [9.17, 15) is 9.59 Å². The van der Waals surface area contributed by atoms with E-state index < -0.39 is 0 Å². The summed E-state index contributed by atoms with van der Waals surface area (Å²) in [6, 6.07) is 1.84. The van der Waals surface area contributed by atoms with Crippen molar-refractivity contribution in [3.05, 3.63) is 0 Å². The van der Waals surface area contributed by atoms with Crippen LogP contribution in [0, 0.1) is 17.2 Å². The van der Waals surface area contributed by atoms with Crippen molar-refractivity contribution >= 4 is 11.7 Å². The van der Waals surface area contributed by atoms with Gasteiger partial charge in [0.15, 0.2) is 0 Å². The lowest BCUT2D eigenvalue weighted by Gasteiger charge is -2.30. The van der Waals surface area contributed by atoms with Crippen LogP contribution in [0.15, 0.2) is 0 Å². The van der Waals surface area contributed by atoms with Crippen LogP contribution in [0.5, 0.6) is 0 Å². The highest BCUT2D eigenvalue weighted by Gasteiger charge is 2.24. The van der Waals surface area contributed by atoms with Crippen LogP contribution in [0.3, 0.4) is 0 Å². The highest BCUT2D eigenvalue weighted by atomic mass is 16.2. The Labute approximate surface area is 97.2 Å². The Morgan fingerprint density at radius 1 is 1.31 bits per heavy atom. The van der Waals surface area contributed by atoms with Crippen molar-refractivity contribution in [2.24, 2.45) is 5.92 Å². The van der Waals surface area contributed by atoms with Crippen LogP contribution in [0.1, 0.15) is 40.0 Å². The zero-order valence-electron chi connectivity index (χ0n) is 10.3. The molecular formula is C12H20N2O2. The zero-order valence-corrected chi connectivity index (χ0v) is 10.3. The SMILES string of the molecule is CC.CC(=O)C1CCN(C(=O)CC#N)CC1. The normalized spacial score (nSPS) is 15.8. The van der Waals surface area contributed by atoms with Crippen molar-refractivity contribution in [1.29, 1.82) is 5.26 Å². The van der Waals surface area contributed by atoms with Crippen LogP contribution in [0.25, 0.3) is 0 Å². The third kappa shape index (κ3) is 4.43. The molecule has 1 fully saturated rings. The minimum Gasteiger partial charge on any atom is -0.342 e. The Morgan fingerprint density at radius 3 is 2.19 bits per heavy atom. The molecule has 0 saturated carbocycles. The Kier molecular flexibility index (Phi) is 7.19. The van der Waals surface area contributed by atoms with Gasteiger partial charge < -0.3 is 4.90 Å². The van der Waals surface area contributed by atoms with Gasteiger partial charge in [-0.3, -0.25) is 9.59 Å². The number of carbonyl (C=O) groups is 2. The van der Waals surface area contributed by atoms with E-state index >= 15 is 0 Å². The summed E-state index contributed by atoms with van der Waals surface area (Å²) in [4.78, 5) is 24.0. The van der Waals surface area contributed by atoms with Crippen molar-refractivity contribution in [1.82, 2.24) is 4.90 Å². The van der Waals surface area contributed by atoms with Crippen molar-refractivity contribution in [2.75, 3.05) is 13.1 Å². The molecule has 16 heavy (non-hydrogen) atoms. The molecule has 0 bridgehead atoms. The maximum Gasteiger partial charge on any atom is 0.236 e. The summed E-state index contributed by atoms with van der Waals surface area (Å²) in [7, 11) is 0. The van der Waals surface area contributed by atoms with Crippen LogP contribution in [-0.2, 0) is 9.59 Å². The van der Waals surface area contributed by atoms with Gasteiger partial charge in [0.2, 0.25) is 5.91 Å². The molecule has 1 saturated heterocycles. The topological polar surface area (TPSA) is 61.2 Å². The lowest BCUT2D eigenvalue weighted by molar-refractivity contribution is -0.133. The molecule has 1 amide bonds. The minimum absolute atomic E-state index is 0.0509. The average molecular weight is 224 g/mol. The molecule has 0 N–H and O–H groups in total. The molecule has 0 atom stereocenters. The van der Waals surface area contributed by atoms with Gasteiger partial charge in [-0.1, -0.05) is 13.8 Å². The van der Waals surface area contributed by atoms with Gasteiger partial charge in [-0.25, -0.2) is 0 Å². The molecule has 1 heterocycles. The number of likely N-dealkylation sites (tertiary alicyclic amines) is 1. The second-order valence-corrected chi connectivity index (χ2v) is 3.60. The first kappa shape index (κ1) is 14.6. The van der Waals surface area contributed by atoms with E-state index in [0.717, 1.165) is 12.8 Å². The molecule has 0 aromatic heterocycles. The molecule has 1 aliphatic heterocycles. The number of amides is 1. The fraction of sp³-hybridized carbons (Fsp3) is 0.750. The number of piperidine rings is 1. The first-order valence-electron chi connectivity index (χ1n) is 5.80. The summed E-state index contributed by atoms with van der Waals surface area (Å²) in [5.74, 6) is 0.202. The van der Waals surface area contributed by atoms with E-state index in [-0.39, 0.29) is 24.0 Å². The van der Waals surface area contributed by atoms with Crippen molar-refractivity contribution < 1.29 is 9.59 Å². The molecule has 0 unspecified atom stereocenters. The van der Waals surface area contributed by atoms with E-state index in [1.807, 2.05) is 19.9 Å². The Bertz CT molecular complexity index is 273.